The van der Waals surface area contributed by atoms with Crippen LogP contribution in [-0.4, -0.2) is 31.6 Å². The fourth-order valence-corrected chi connectivity index (χ4v) is 3.61. The first-order chi connectivity index (χ1) is 14.7. The quantitative estimate of drug-likeness (QED) is 0.460. The molecule has 148 valence electrons. The maximum atomic E-state index is 8.92. The highest BCUT2D eigenvalue weighted by atomic mass is 32.2. The van der Waals surface area contributed by atoms with Gasteiger partial charge in [-0.25, -0.2) is 0 Å². The van der Waals surface area contributed by atoms with E-state index in [4.69, 9.17) is 10.00 Å². The fraction of sp³-hybridized carbons (Fsp3) is 0.136. The number of hydrogen-bond acceptors (Lipinski definition) is 7. The number of nitriles is 1. The Morgan fingerprint density at radius 1 is 0.933 bits per heavy atom. The number of hydrogen-bond donors (Lipinski definition) is 0. The summed E-state index contributed by atoms with van der Waals surface area (Å²) >= 11 is 1.34. The zero-order valence-corrected chi connectivity index (χ0v) is 17.3. The van der Waals surface area contributed by atoms with Crippen molar-refractivity contribution in [3.05, 3.63) is 71.9 Å². The Kier molecular flexibility index (Phi) is 5.72. The Labute approximate surface area is 178 Å². The van der Waals surface area contributed by atoms with Gasteiger partial charge in [-0.2, -0.15) is 5.26 Å². The fourth-order valence-electron chi connectivity index (χ4n) is 2.84. The Balaban J connectivity index is 1.77. The molecule has 0 aliphatic rings. The first kappa shape index (κ1) is 19.6. The molecule has 0 saturated carbocycles. The number of aryl methyl sites for hydroxylation is 1. The summed E-state index contributed by atoms with van der Waals surface area (Å²) in [6.07, 6.45) is 0. The predicted molar refractivity (Wildman–Crippen MR) is 114 cm³/mol. The van der Waals surface area contributed by atoms with Crippen molar-refractivity contribution in [3.63, 3.8) is 0 Å². The average Bonchev–Trinajstić information content (AvgIpc) is 3.19. The van der Waals surface area contributed by atoms with Gasteiger partial charge in [-0.1, -0.05) is 29.8 Å². The Hall–Kier alpha value is -3.70. The van der Waals surface area contributed by atoms with Crippen molar-refractivity contribution < 1.29 is 4.74 Å². The number of ether oxygens (including phenoxy) is 1. The van der Waals surface area contributed by atoms with E-state index in [1.165, 1.54) is 17.3 Å². The summed E-state index contributed by atoms with van der Waals surface area (Å²) in [5.41, 5.74) is 3.31. The van der Waals surface area contributed by atoms with Gasteiger partial charge in [-0.3, -0.25) is 4.57 Å². The SMILES string of the molecule is CCOc1ccc(-n2c(Sc3ccc(C#N)nn3)nnc2-c2ccc(C)cc2)cc1. The van der Waals surface area contributed by atoms with Gasteiger partial charge >= 0.3 is 0 Å². The van der Waals surface area contributed by atoms with Crippen molar-refractivity contribution in [3.8, 4) is 28.9 Å². The molecule has 0 N–H and O–H groups in total. The molecule has 4 aromatic rings. The molecule has 0 aliphatic heterocycles. The molecular weight excluding hydrogens is 396 g/mol. The molecule has 0 atom stereocenters. The first-order valence-electron chi connectivity index (χ1n) is 9.35. The topological polar surface area (TPSA) is 89.5 Å². The van der Waals surface area contributed by atoms with E-state index in [1.807, 2.05) is 73.0 Å². The predicted octanol–water partition coefficient (Wildman–Crippen LogP) is 4.45. The molecule has 0 saturated heterocycles. The third-order valence-electron chi connectivity index (χ3n) is 4.30. The molecule has 0 amide bonds. The normalized spacial score (nSPS) is 10.6. The van der Waals surface area contributed by atoms with Gasteiger partial charge in [-0.05, 0) is 62.0 Å². The van der Waals surface area contributed by atoms with Crippen molar-refractivity contribution in [1.82, 2.24) is 25.0 Å². The number of nitrogens with zero attached hydrogens (tertiary/aromatic N) is 6. The van der Waals surface area contributed by atoms with Gasteiger partial charge in [0.2, 0.25) is 5.16 Å². The van der Waals surface area contributed by atoms with E-state index < -0.39 is 0 Å². The summed E-state index contributed by atoms with van der Waals surface area (Å²) in [5, 5.41) is 27.0. The van der Waals surface area contributed by atoms with Crippen LogP contribution in [0.2, 0.25) is 0 Å². The van der Waals surface area contributed by atoms with E-state index in [0.717, 1.165) is 22.8 Å². The zero-order chi connectivity index (χ0) is 20.9. The van der Waals surface area contributed by atoms with Crippen molar-refractivity contribution in [2.75, 3.05) is 6.61 Å². The summed E-state index contributed by atoms with van der Waals surface area (Å²) in [6, 6.07) is 21.3. The summed E-state index contributed by atoms with van der Waals surface area (Å²) in [6.45, 7) is 4.61. The van der Waals surface area contributed by atoms with Gasteiger partial charge < -0.3 is 4.74 Å². The lowest BCUT2D eigenvalue weighted by molar-refractivity contribution is 0.340. The monoisotopic (exact) mass is 414 g/mol. The van der Waals surface area contributed by atoms with Gasteiger partial charge in [-0.15, -0.1) is 20.4 Å². The van der Waals surface area contributed by atoms with Crippen molar-refractivity contribution in [2.24, 2.45) is 0 Å². The van der Waals surface area contributed by atoms with Crippen LogP contribution in [0.5, 0.6) is 5.75 Å². The second-order valence-electron chi connectivity index (χ2n) is 6.41. The molecule has 2 aromatic heterocycles. The van der Waals surface area contributed by atoms with E-state index in [0.29, 0.717) is 16.8 Å². The van der Waals surface area contributed by atoms with Gasteiger partial charge in [0, 0.05) is 5.56 Å². The van der Waals surface area contributed by atoms with E-state index in [-0.39, 0.29) is 5.69 Å². The van der Waals surface area contributed by atoms with Crippen LogP contribution in [0.1, 0.15) is 18.2 Å². The van der Waals surface area contributed by atoms with E-state index >= 15 is 0 Å². The molecule has 0 aliphatic carbocycles. The third kappa shape index (κ3) is 4.16. The second kappa shape index (κ2) is 8.76. The van der Waals surface area contributed by atoms with Crippen LogP contribution in [0.25, 0.3) is 17.1 Å². The minimum Gasteiger partial charge on any atom is -0.494 e. The Morgan fingerprint density at radius 2 is 1.70 bits per heavy atom. The molecule has 0 bridgehead atoms. The van der Waals surface area contributed by atoms with Crippen LogP contribution < -0.4 is 4.74 Å². The zero-order valence-electron chi connectivity index (χ0n) is 16.5. The summed E-state index contributed by atoms with van der Waals surface area (Å²) < 4.78 is 7.54. The Bertz CT molecular complexity index is 1180. The smallest absolute Gasteiger partial charge is 0.202 e. The highest BCUT2D eigenvalue weighted by Gasteiger charge is 2.17. The lowest BCUT2D eigenvalue weighted by atomic mass is 10.1. The molecule has 4 rings (SSSR count). The van der Waals surface area contributed by atoms with Gasteiger partial charge in [0.05, 0.1) is 12.3 Å². The summed E-state index contributed by atoms with van der Waals surface area (Å²) in [4.78, 5) is 0. The van der Waals surface area contributed by atoms with Crippen molar-refractivity contribution in [2.45, 2.75) is 24.0 Å². The highest BCUT2D eigenvalue weighted by molar-refractivity contribution is 7.99. The number of aromatic nitrogens is 5. The maximum absolute atomic E-state index is 8.92. The molecule has 2 aromatic carbocycles. The van der Waals surface area contributed by atoms with Gasteiger partial charge in [0.25, 0.3) is 0 Å². The molecule has 30 heavy (non-hydrogen) atoms. The minimum absolute atomic E-state index is 0.271. The molecule has 7 nitrogen and oxygen atoms in total. The lowest BCUT2D eigenvalue weighted by Gasteiger charge is -2.11. The Morgan fingerprint density at radius 3 is 2.33 bits per heavy atom. The molecule has 2 heterocycles. The lowest BCUT2D eigenvalue weighted by Crippen LogP contribution is -2.00. The number of benzene rings is 2. The van der Waals surface area contributed by atoms with Crippen LogP contribution in [0.15, 0.2) is 70.8 Å². The van der Waals surface area contributed by atoms with E-state index in [1.54, 1.807) is 12.1 Å². The maximum Gasteiger partial charge on any atom is 0.202 e. The molecule has 0 unspecified atom stereocenters. The largest absolute Gasteiger partial charge is 0.494 e. The number of rotatable bonds is 6. The molecule has 8 heteroatoms. The van der Waals surface area contributed by atoms with Crippen molar-refractivity contribution >= 4 is 11.8 Å². The van der Waals surface area contributed by atoms with E-state index in [2.05, 4.69) is 20.4 Å². The first-order valence-corrected chi connectivity index (χ1v) is 10.2. The van der Waals surface area contributed by atoms with E-state index in [9.17, 15) is 0 Å². The highest BCUT2D eigenvalue weighted by Crippen LogP contribution is 2.32. The minimum atomic E-state index is 0.271. The standard InChI is InChI=1S/C22H18N6OS/c1-3-29-19-11-9-18(10-12-19)28-21(16-6-4-15(2)5-7-16)26-27-22(28)30-20-13-8-17(14-23)24-25-20/h4-13H,3H2,1-2H3. The van der Waals surface area contributed by atoms with Gasteiger partial charge in [0.1, 0.15) is 16.8 Å². The molecular formula is C22H18N6OS. The summed E-state index contributed by atoms with van der Waals surface area (Å²) in [7, 11) is 0. The molecule has 0 spiro atoms. The van der Waals surface area contributed by atoms with Crippen LogP contribution in [0.4, 0.5) is 0 Å². The van der Waals surface area contributed by atoms with Crippen LogP contribution in [0.3, 0.4) is 0 Å². The second-order valence-corrected chi connectivity index (χ2v) is 7.39. The van der Waals surface area contributed by atoms with Gasteiger partial charge in [0.15, 0.2) is 11.5 Å². The van der Waals surface area contributed by atoms with Crippen LogP contribution in [-0.2, 0) is 0 Å². The van der Waals surface area contributed by atoms with Crippen LogP contribution in [0, 0.1) is 18.3 Å². The molecule has 0 radical (unpaired) electrons. The average molecular weight is 414 g/mol. The third-order valence-corrected chi connectivity index (χ3v) is 5.17. The summed E-state index contributed by atoms with van der Waals surface area (Å²) in [5.74, 6) is 1.53. The van der Waals surface area contributed by atoms with Crippen molar-refractivity contribution in [1.29, 1.82) is 5.26 Å². The van der Waals surface area contributed by atoms with Crippen LogP contribution >= 0.6 is 11.8 Å². The molecule has 0 fully saturated rings.